The Morgan fingerprint density at radius 1 is 1.14 bits per heavy atom. The molecule has 1 rings (SSSR count). The van der Waals surface area contributed by atoms with Gasteiger partial charge in [-0.1, -0.05) is 30.3 Å². The van der Waals surface area contributed by atoms with E-state index in [9.17, 15) is 0 Å². The first-order valence-corrected chi connectivity index (χ1v) is 4.35. The van der Waals surface area contributed by atoms with Gasteiger partial charge >= 0.3 is 0 Å². The van der Waals surface area contributed by atoms with Crippen molar-refractivity contribution in [2.75, 3.05) is 7.05 Å². The molecule has 1 atom stereocenters. The fourth-order valence-corrected chi connectivity index (χ4v) is 1.36. The number of benzene rings is 1. The van der Waals surface area contributed by atoms with E-state index >= 15 is 0 Å². The molecule has 0 fully saturated rings. The van der Waals surface area contributed by atoms with E-state index in [-0.39, 0.29) is 6.04 Å². The molecule has 0 aliphatic carbocycles. The second kappa shape index (κ2) is 5.01. The largest absolute Gasteiger partial charge is 0.311 e. The first kappa shape index (κ1) is 10.2. The van der Waals surface area contributed by atoms with Gasteiger partial charge in [-0.3, -0.25) is 0 Å². The van der Waals surface area contributed by atoms with E-state index in [2.05, 4.69) is 5.32 Å². The molecule has 3 nitrogen and oxygen atoms in total. The van der Waals surface area contributed by atoms with Gasteiger partial charge in [0.2, 0.25) is 0 Å². The zero-order valence-corrected chi connectivity index (χ0v) is 7.94. The Labute approximate surface area is 83.6 Å². The number of hydrogen-bond donors (Lipinski definition) is 1. The normalized spacial score (nSPS) is 11.7. The Kier molecular flexibility index (Phi) is 3.67. The van der Waals surface area contributed by atoms with Gasteiger partial charge in [0.25, 0.3) is 0 Å². The standard InChI is InChI=1S/C11H11N3/c1-14-11(10(7-12)8-13)9-5-3-2-4-6-9/h2-6,10-11,14H,1H3. The molecule has 1 aromatic carbocycles. The van der Waals surface area contributed by atoms with Crippen LogP contribution in [0.5, 0.6) is 0 Å². The van der Waals surface area contributed by atoms with E-state index in [4.69, 9.17) is 10.5 Å². The average Bonchev–Trinajstić information content (AvgIpc) is 2.27. The third kappa shape index (κ3) is 2.10. The highest BCUT2D eigenvalue weighted by molar-refractivity contribution is 5.24. The lowest BCUT2D eigenvalue weighted by molar-refractivity contribution is 0.534. The van der Waals surface area contributed by atoms with Crippen molar-refractivity contribution in [2.24, 2.45) is 5.92 Å². The number of rotatable bonds is 3. The van der Waals surface area contributed by atoms with Gasteiger partial charge in [-0.25, -0.2) is 0 Å². The van der Waals surface area contributed by atoms with Crippen LogP contribution in [0.1, 0.15) is 11.6 Å². The van der Waals surface area contributed by atoms with Gasteiger partial charge in [0, 0.05) is 0 Å². The summed E-state index contributed by atoms with van der Waals surface area (Å²) >= 11 is 0. The molecule has 1 aromatic rings. The lowest BCUT2D eigenvalue weighted by Crippen LogP contribution is -2.23. The predicted octanol–water partition coefficient (Wildman–Crippen LogP) is 1.61. The van der Waals surface area contributed by atoms with E-state index in [0.717, 1.165) is 5.56 Å². The summed E-state index contributed by atoms with van der Waals surface area (Å²) in [7, 11) is 1.75. The fourth-order valence-electron chi connectivity index (χ4n) is 1.36. The van der Waals surface area contributed by atoms with Crippen LogP contribution < -0.4 is 5.32 Å². The third-order valence-corrected chi connectivity index (χ3v) is 2.08. The molecule has 70 valence electrons. The first-order chi connectivity index (χ1) is 6.83. The lowest BCUT2D eigenvalue weighted by atomic mass is 9.95. The molecule has 0 aromatic heterocycles. The SMILES string of the molecule is CNC(c1ccccc1)C(C#N)C#N. The third-order valence-electron chi connectivity index (χ3n) is 2.08. The molecule has 0 heterocycles. The van der Waals surface area contributed by atoms with Gasteiger partial charge in [0.15, 0.2) is 5.92 Å². The molecule has 0 saturated carbocycles. The summed E-state index contributed by atoms with van der Waals surface area (Å²) in [6.07, 6.45) is 0. The summed E-state index contributed by atoms with van der Waals surface area (Å²) in [6.45, 7) is 0. The van der Waals surface area contributed by atoms with Crippen LogP contribution in [-0.2, 0) is 0 Å². The zero-order chi connectivity index (χ0) is 10.4. The van der Waals surface area contributed by atoms with Gasteiger partial charge in [-0.15, -0.1) is 0 Å². The van der Waals surface area contributed by atoms with Crippen LogP contribution in [0.25, 0.3) is 0 Å². The monoisotopic (exact) mass is 185 g/mol. The Morgan fingerprint density at radius 3 is 2.14 bits per heavy atom. The smallest absolute Gasteiger partial charge is 0.152 e. The fraction of sp³-hybridized carbons (Fsp3) is 0.273. The molecule has 0 spiro atoms. The maximum atomic E-state index is 8.78. The minimum absolute atomic E-state index is 0.216. The second-order valence-corrected chi connectivity index (χ2v) is 2.91. The molecule has 1 N–H and O–H groups in total. The molecule has 0 aliphatic heterocycles. The molecular formula is C11H11N3. The van der Waals surface area contributed by atoms with Crippen molar-refractivity contribution in [3.05, 3.63) is 35.9 Å². The summed E-state index contributed by atoms with van der Waals surface area (Å²) in [4.78, 5) is 0. The molecule has 1 unspecified atom stereocenters. The van der Waals surface area contributed by atoms with Gasteiger partial charge in [-0.2, -0.15) is 10.5 Å². The molecule has 0 saturated heterocycles. The molecular weight excluding hydrogens is 174 g/mol. The van der Waals surface area contributed by atoms with Gasteiger partial charge in [0.05, 0.1) is 18.2 Å². The predicted molar refractivity (Wildman–Crippen MR) is 53.0 cm³/mol. The van der Waals surface area contributed by atoms with E-state index in [1.807, 2.05) is 42.5 Å². The van der Waals surface area contributed by atoms with Crippen molar-refractivity contribution < 1.29 is 0 Å². The van der Waals surface area contributed by atoms with Crippen LogP contribution in [-0.4, -0.2) is 7.05 Å². The Bertz CT molecular complexity index is 344. The number of nitriles is 2. The molecule has 0 aliphatic rings. The summed E-state index contributed by atoms with van der Waals surface area (Å²) in [5.41, 5.74) is 0.961. The molecule has 0 amide bonds. The van der Waals surface area contributed by atoms with E-state index in [0.29, 0.717) is 0 Å². The van der Waals surface area contributed by atoms with E-state index in [1.165, 1.54) is 0 Å². The highest BCUT2D eigenvalue weighted by Gasteiger charge is 2.20. The summed E-state index contributed by atoms with van der Waals surface area (Å²) in [5, 5.41) is 20.5. The second-order valence-electron chi connectivity index (χ2n) is 2.91. The molecule has 0 bridgehead atoms. The van der Waals surface area contributed by atoms with Crippen LogP contribution >= 0.6 is 0 Å². The summed E-state index contributed by atoms with van der Waals surface area (Å²) < 4.78 is 0. The van der Waals surface area contributed by atoms with Crippen molar-refractivity contribution in [3.63, 3.8) is 0 Å². The van der Waals surface area contributed by atoms with Crippen LogP contribution in [0.2, 0.25) is 0 Å². The number of nitrogens with one attached hydrogen (secondary N) is 1. The van der Waals surface area contributed by atoms with Crippen LogP contribution in [0.4, 0.5) is 0 Å². The summed E-state index contributed by atoms with van der Waals surface area (Å²) in [6, 6.07) is 13.2. The molecule has 0 radical (unpaired) electrons. The van der Waals surface area contributed by atoms with Crippen LogP contribution in [0.3, 0.4) is 0 Å². The van der Waals surface area contributed by atoms with E-state index < -0.39 is 5.92 Å². The maximum absolute atomic E-state index is 8.78. The quantitative estimate of drug-likeness (QED) is 0.778. The molecule has 3 heteroatoms. The Morgan fingerprint density at radius 2 is 1.71 bits per heavy atom. The Hall–Kier alpha value is -1.84. The van der Waals surface area contributed by atoms with Crippen LogP contribution in [0, 0.1) is 28.6 Å². The van der Waals surface area contributed by atoms with Crippen molar-refractivity contribution >= 4 is 0 Å². The Balaban J connectivity index is 2.95. The topological polar surface area (TPSA) is 59.6 Å². The maximum Gasteiger partial charge on any atom is 0.152 e. The lowest BCUT2D eigenvalue weighted by Gasteiger charge is -2.16. The first-order valence-electron chi connectivity index (χ1n) is 4.35. The van der Waals surface area contributed by atoms with Crippen molar-refractivity contribution in [1.29, 1.82) is 10.5 Å². The van der Waals surface area contributed by atoms with E-state index in [1.54, 1.807) is 7.05 Å². The molecule has 14 heavy (non-hydrogen) atoms. The average molecular weight is 185 g/mol. The van der Waals surface area contributed by atoms with Gasteiger partial charge in [0.1, 0.15) is 0 Å². The summed E-state index contributed by atoms with van der Waals surface area (Å²) in [5.74, 6) is -0.651. The van der Waals surface area contributed by atoms with Crippen molar-refractivity contribution in [2.45, 2.75) is 6.04 Å². The van der Waals surface area contributed by atoms with Crippen molar-refractivity contribution in [3.8, 4) is 12.1 Å². The van der Waals surface area contributed by atoms with Gasteiger partial charge in [-0.05, 0) is 12.6 Å². The highest BCUT2D eigenvalue weighted by Crippen LogP contribution is 2.20. The zero-order valence-electron chi connectivity index (χ0n) is 7.94. The number of nitrogens with zero attached hydrogens (tertiary/aromatic N) is 2. The highest BCUT2D eigenvalue weighted by atomic mass is 14.9. The van der Waals surface area contributed by atoms with Crippen LogP contribution in [0.15, 0.2) is 30.3 Å². The minimum atomic E-state index is -0.651. The van der Waals surface area contributed by atoms with Crippen molar-refractivity contribution in [1.82, 2.24) is 5.32 Å². The van der Waals surface area contributed by atoms with Gasteiger partial charge < -0.3 is 5.32 Å². The minimum Gasteiger partial charge on any atom is -0.311 e. The number of hydrogen-bond acceptors (Lipinski definition) is 3.